The van der Waals surface area contributed by atoms with Gasteiger partial charge in [-0.25, -0.2) is 0 Å². The molecule has 23 heavy (non-hydrogen) atoms. The Morgan fingerprint density at radius 3 is 2.65 bits per heavy atom. The molecule has 1 aromatic heterocycles. The van der Waals surface area contributed by atoms with E-state index in [2.05, 4.69) is 0 Å². The number of benzene rings is 1. The van der Waals surface area contributed by atoms with Crippen LogP contribution in [0.1, 0.15) is 22.5 Å². The lowest BCUT2D eigenvalue weighted by Crippen LogP contribution is -2.31. The van der Waals surface area contributed by atoms with Gasteiger partial charge in [0, 0.05) is 30.8 Å². The molecule has 1 fully saturated rings. The topological polar surface area (TPSA) is 103 Å². The molecule has 0 aliphatic carbocycles. The van der Waals surface area contributed by atoms with Crippen molar-refractivity contribution in [3.8, 4) is 0 Å². The predicted octanol–water partition coefficient (Wildman–Crippen LogP) is 1.27. The molecule has 1 saturated heterocycles. The van der Waals surface area contributed by atoms with Gasteiger partial charge in [0.15, 0.2) is 5.43 Å². The molecule has 1 aliphatic heterocycles. The van der Waals surface area contributed by atoms with Gasteiger partial charge in [-0.2, -0.15) is 0 Å². The van der Waals surface area contributed by atoms with E-state index < -0.39 is 0 Å². The van der Waals surface area contributed by atoms with Crippen molar-refractivity contribution in [2.24, 2.45) is 11.5 Å². The van der Waals surface area contributed by atoms with Gasteiger partial charge in [0.05, 0.1) is 11.9 Å². The number of carbonyl (C=O) groups is 1. The average Bonchev–Trinajstić information content (AvgIpc) is 2.92. The van der Waals surface area contributed by atoms with E-state index in [1.807, 2.05) is 0 Å². The second-order valence-corrected chi connectivity index (χ2v) is 5.29. The second-order valence-electron chi connectivity index (χ2n) is 5.29. The van der Waals surface area contributed by atoms with Crippen LogP contribution in [0.25, 0.3) is 11.0 Å². The number of nitrogens with zero attached hydrogens (tertiary/aromatic N) is 1. The lowest BCUT2D eigenvalue weighted by molar-refractivity contribution is 0.0791. The zero-order valence-electron chi connectivity index (χ0n) is 12.4. The first-order valence-corrected chi connectivity index (χ1v) is 6.90. The molecule has 1 amide bonds. The van der Waals surface area contributed by atoms with Crippen LogP contribution in [0.3, 0.4) is 0 Å². The van der Waals surface area contributed by atoms with Crippen LogP contribution >= 0.6 is 24.8 Å². The summed E-state index contributed by atoms with van der Waals surface area (Å²) in [4.78, 5) is 26.1. The number of hydrogen-bond acceptors (Lipinski definition) is 5. The zero-order valence-corrected chi connectivity index (χ0v) is 14.0. The third-order valence-corrected chi connectivity index (χ3v) is 3.74. The maximum Gasteiger partial charge on any atom is 0.253 e. The first kappa shape index (κ1) is 19.4. The van der Waals surface area contributed by atoms with Crippen molar-refractivity contribution in [3.63, 3.8) is 0 Å². The number of amides is 1. The largest absolute Gasteiger partial charge is 0.459 e. The van der Waals surface area contributed by atoms with E-state index in [-0.39, 0.29) is 48.7 Å². The second kappa shape index (κ2) is 7.79. The monoisotopic (exact) mass is 359 g/mol. The van der Waals surface area contributed by atoms with Crippen molar-refractivity contribution >= 4 is 41.7 Å². The van der Waals surface area contributed by atoms with Gasteiger partial charge in [0.25, 0.3) is 5.91 Å². The smallest absolute Gasteiger partial charge is 0.253 e. The molecule has 0 spiro atoms. The summed E-state index contributed by atoms with van der Waals surface area (Å²) in [5, 5.41) is 0.390. The Labute approximate surface area is 145 Å². The summed E-state index contributed by atoms with van der Waals surface area (Å²) in [5.74, 6) is 0.323. The standard InChI is InChI=1S/C15H17N3O3.2ClH/c16-7-11-6-13(19)12-5-9(1-2-14(12)21-11)15(20)18-4-3-10(17)8-18;;/h1-2,5-6,10H,3-4,7-8,16-17H2;2*1H. The van der Waals surface area contributed by atoms with E-state index in [1.54, 1.807) is 23.1 Å². The third-order valence-electron chi connectivity index (χ3n) is 3.74. The summed E-state index contributed by atoms with van der Waals surface area (Å²) >= 11 is 0. The molecular weight excluding hydrogens is 341 g/mol. The van der Waals surface area contributed by atoms with Crippen molar-refractivity contribution < 1.29 is 9.21 Å². The zero-order chi connectivity index (χ0) is 15.0. The summed E-state index contributed by atoms with van der Waals surface area (Å²) in [6, 6.07) is 6.28. The Kier molecular flexibility index (Phi) is 6.58. The van der Waals surface area contributed by atoms with Gasteiger partial charge in [-0.15, -0.1) is 24.8 Å². The highest BCUT2D eigenvalue weighted by Crippen LogP contribution is 2.18. The average molecular weight is 360 g/mol. The normalized spacial score (nSPS) is 16.8. The van der Waals surface area contributed by atoms with Crippen molar-refractivity contribution in [2.75, 3.05) is 13.1 Å². The minimum Gasteiger partial charge on any atom is -0.459 e. The summed E-state index contributed by atoms with van der Waals surface area (Å²) in [7, 11) is 0. The Hall–Kier alpha value is -1.60. The van der Waals surface area contributed by atoms with Crippen molar-refractivity contribution in [3.05, 3.63) is 45.8 Å². The van der Waals surface area contributed by atoms with Gasteiger partial charge in [-0.1, -0.05) is 0 Å². The SMILES string of the molecule is Cl.Cl.NCc1cc(=O)c2cc(C(=O)N3CCC(N)C3)ccc2o1. The molecule has 0 saturated carbocycles. The van der Waals surface area contributed by atoms with Gasteiger partial charge in [0.2, 0.25) is 0 Å². The molecule has 2 heterocycles. The van der Waals surface area contributed by atoms with Crippen LogP contribution in [0.4, 0.5) is 0 Å². The minimum absolute atomic E-state index is 0. The van der Waals surface area contributed by atoms with Gasteiger partial charge >= 0.3 is 0 Å². The van der Waals surface area contributed by atoms with Gasteiger partial charge in [0.1, 0.15) is 11.3 Å². The van der Waals surface area contributed by atoms with E-state index >= 15 is 0 Å². The molecule has 3 rings (SSSR count). The quantitative estimate of drug-likeness (QED) is 0.840. The fourth-order valence-corrected chi connectivity index (χ4v) is 2.59. The van der Waals surface area contributed by atoms with Crippen LogP contribution in [0.15, 0.2) is 33.5 Å². The van der Waals surface area contributed by atoms with Crippen LogP contribution in [0.2, 0.25) is 0 Å². The minimum atomic E-state index is -0.190. The highest BCUT2D eigenvalue weighted by atomic mass is 35.5. The maximum atomic E-state index is 12.4. The van der Waals surface area contributed by atoms with E-state index in [9.17, 15) is 9.59 Å². The highest BCUT2D eigenvalue weighted by molar-refractivity contribution is 5.97. The molecule has 4 N–H and O–H groups in total. The van der Waals surface area contributed by atoms with Gasteiger partial charge in [-0.3, -0.25) is 9.59 Å². The highest BCUT2D eigenvalue weighted by Gasteiger charge is 2.24. The van der Waals surface area contributed by atoms with Crippen LogP contribution in [0.5, 0.6) is 0 Å². The summed E-state index contributed by atoms with van der Waals surface area (Å²) in [6.07, 6.45) is 0.807. The lowest BCUT2D eigenvalue weighted by atomic mass is 10.1. The van der Waals surface area contributed by atoms with Crippen LogP contribution in [0, 0.1) is 0 Å². The Morgan fingerprint density at radius 2 is 2.04 bits per heavy atom. The van der Waals surface area contributed by atoms with Crippen molar-refractivity contribution in [1.82, 2.24) is 4.90 Å². The lowest BCUT2D eigenvalue weighted by Gasteiger charge is -2.15. The first-order valence-electron chi connectivity index (χ1n) is 6.90. The Balaban J connectivity index is 0.00000132. The number of halogens is 2. The van der Waals surface area contributed by atoms with Crippen LogP contribution in [-0.2, 0) is 6.54 Å². The number of carbonyl (C=O) groups excluding carboxylic acids is 1. The number of likely N-dealkylation sites (tertiary alicyclic amines) is 1. The van der Waals surface area contributed by atoms with Gasteiger partial charge in [-0.05, 0) is 24.6 Å². The fourth-order valence-electron chi connectivity index (χ4n) is 2.59. The third kappa shape index (κ3) is 3.84. The van der Waals surface area contributed by atoms with Gasteiger partial charge < -0.3 is 20.8 Å². The molecular formula is C15H19Cl2N3O3. The molecule has 1 aromatic carbocycles. The molecule has 0 radical (unpaired) electrons. The van der Waals surface area contributed by atoms with Crippen LogP contribution < -0.4 is 16.9 Å². The number of hydrogen-bond donors (Lipinski definition) is 2. The van der Waals surface area contributed by atoms with E-state index in [4.69, 9.17) is 15.9 Å². The van der Waals surface area contributed by atoms with Crippen LogP contribution in [-0.4, -0.2) is 29.9 Å². The summed E-state index contributed by atoms with van der Waals surface area (Å²) in [5.41, 5.74) is 12.0. The molecule has 0 bridgehead atoms. The van der Waals surface area contributed by atoms with E-state index in [0.29, 0.717) is 35.4 Å². The maximum absolute atomic E-state index is 12.4. The first-order chi connectivity index (χ1) is 10.1. The molecule has 1 atom stereocenters. The summed E-state index contributed by atoms with van der Waals surface area (Å²) in [6.45, 7) is 1.37. The number of rotatable bonds is 2. The van der Waals surface area contributed by atoms with Crippen molar-refractivity contribution in [1.29, 1.82) is 0 Å². The molecule has 8 heteroatoms. The fraction of sp³-hybridized carbons (Fsp3) is 0.333. The number of nitrogens with two attached hydrogens (primary N) is 2. The van der Waals surface area contributed by atoms with E-state index in [1.165, 1.54) is 6.07 Å². The Morgan fingerprint density at radius 1 is 1.30 bits per heavy atom. The molecule has 126 valence electrons. The predicted molar refractivity (Wildman–Crippen MR) is 93.4 cm³/mol. The van der Waals surface area contributed by atoms with Crippen molar-refractivity contribution in [2.45, 2.75) is 19.0 Å². The molecule has 2 aromatic rings. The molecule has 1 unspecified atom stereocenters. The summed E-state index contributed by atoms with van der Waals surface area (Å²) < 4.78 is 5.50. The Bertz CT molecular complexity index is 763. The van der Waals surface area contributed by atoms with E-state index in [0.717, 1.165) is 6.42 Å². The molecule has 6 nitrogen and oxygen atoms in total. The number of fused-ring (bicyclic) bond motifs is 1. The molecule has 1 aliphatic rings.